The third-order valence-corrected chi connectivity index (χ3v) is 5.83. The van der Waals surface area contributed by atoms with Crippen LogP contribution in [0.5, 0.6) is 0 Å². The van der Waals surface area contributed by atoms with Gasteiger partial charge in [-0.05, 0) is 30.5 Å². The van der Waals surface area contributed by atoms with Gasteiger partial charge in [0, 0.05) is 41.0 Å². The van der Waals surface area contributed by atoms with Gasteiger partial charge in [0.25, 0.3) is 0 Å². The maximum absolute atomic E-state index is 11.9. The molecule has 0 bridgehead atoms. The van der Waals surface area contributed by atoms with E-state index in [1.807, 2.05) is 24.4 Å². The Kier molecular flexibility index (Phi) is 4.24. The molecule has 2 atom stereocenters. The number of nitrogens with zero attached hydrogens (tertiary/aromatic N) is 4. The van der Waals surface area contributed by atoms with Gasteiger partial charge >= 0.3 is 0 Å². The number of fused-ring (bicyclic) bond motifs is 4. The SMILES string of the molecule is C=CC(=O)N[C@H]1C[C@H](C)c2c(-c3cnc4ccccc4c3)c3c(N)ncnc3n2C1. The van der Waals surface area contributed by atoms with Crippen LogP contribution >= 0.6 is 0 Å². The molecule has 1 amide bonds. The smallest absolute Gasteiger partial charge is 0.243 e. The number of hydrogen-bond donors (Lipinski definition) is 2. The molecule has 30 heavy (non-hydrogen) atoms. The van der Waals surface area contributed by atoms with Gasteiger partial charge in [-0.25, -0.2) is 9.97 Å². The van der Waals surface area contributed by atoms with E-state index in [4.69, 9.17) is 5.73 Å². The van der Waals surface area contributed by atoms with Crippen molar-refractivity contribution < 1.29 is 4.79 Å². The van der Waals surface area contributed by atoms with E-state index in [9.17, 15) is 4.79 Å². The Bertz CT molecular complexity index is 1310. The third-order valence-electron chi connectivity index (χ3n) is 5.83. The Morgan fingerprint density at radius 2 is 2.13 bits per heavy atom. The van der Waals surface area contributed by atoms with Crippen LogP contribution in [0.1, 0.15) is 25.0 Å². The number of anilines is 1. The number of amides is 1. The molecule has 4 heterocycles. The topological polar surface area (TPSA) is 98.7 Å². The second-order valence-electron chi connectivity index (χ2n) is 7.79. The molecule has 3 aromatic heterocycles. The summed E-state index contributed by atoms with van der Waals surface area (Å²) in [6.45, 7) is 6.34. The van der Waals surface area contributed by atoms with Gasteiger partial charge in [0.1, 0.15) is 17.8 Å². The zero-order valence-electron chi connectivity index (χ0n) is 16.7. The van der Waals surface area contributed by atoms with Crippen LogP contribution in [0, 0.1) is 0 Å². The molecule has 7 heteroatoms. The Labute approximate surface area is 173 Å². The van der Waals surface area contributed by atoms with E-state index < -0.39 is 0 Å². The number of carbonyl (C=O) groups is 1. The molecule has 7 nitrogen and oxygen atoms in total. The highest BCUT2D eigenvalue weighted by molar-refractivity contribution is 6.03. The fraction of sp³-hybridized carbons (Fsp3) is 0.217. The van der Waals surface area contributed by atoms with Crippen LogP contribution in [0.4, 0.5) is 5.82 Å². The lowest BCUT2D eigenvalue weighted by molar-refractivity contribution is -0.117. The van der Waals surface area contributed by atoms with E-state index in [0.29, 0.717) is 12.4 Å². The van der Waals surface area contributed by atoms with E-state index in [1.54, 1.807) is 0 Å². The van der Waals surface area contributed by atoms with Crippen LogP contribution in [0.25, 0.3) is 33.1 Å². The lowest BCUT2D eigenvalue weighted by Gasteiger charge is -2.30. The van der Waals surface area contributed by atoms with Crippen molar-refractivity contribution in [1.82, 2.24) is 24.8 Å². The van der Waals surface area contributed by atoms with Crippen molar-refractivity contribution in [3.05, 3.63) is 61.2 Å². The molecule has 0 fully saturated rings. The Morgan fingerprint density at radius 3 is 2.97 bits per heavy atom. The van der Waals surface area contributed by atoms with Crippen LogP contribution < -0.4 is 11.1 Å². The standard InChI is InChI=1S/C23H22N6O/c1-3-18(30)28-16-8-13(2)21-19(15-9-14-6-4-5-7-17(14)25-10-15)20-22(24)26-12-27-23(20)29(21)11-16/h3-7,9-10,12-13,16H,1,8,11H2,2H3,(H,28,30)(H2,24,26,27)/t13-,16-/m0/s1. The maximum atomic E-state index is 11.9. The average molecular weight is 398 g/mol. The van der Waals surface area contributed by atoms with Crippen molar-refractivity contribution in [3.63, 3.8) is 0 Å². The first-order valence-electron chi connectivity index (χ1n) is 9.97. The fourth-order valence-electron chi connectivity index (χ4n) is 4.61. The van der Waals surface area contributed by atoms with Crippen LogP contribution in [-0.2, 0) is 11.3 Å². The van der Waals surface area contributed by atoms with E-state index >= 15 is 0 Å². The lowest BCUT2D eigenvalue weighted by atomic mass is 9.89. The molecule has 0 unspecified atom stereocenters. The quantitative estimate of drug-likeness (QED) is 0.515. The third kappa shape index (κ3) is 2.82. The first-order valence-corrected chi connectivity index (χ1v) is 9.97. The van der Waals surface area contributed by atoms with E-state index in [0.717, 1.165) is 45.2 Å². The summed E-state index contributed by atoms with van der Waals surface area (Å²) in [5, 5.41) is 4.94. The number of rotatable bonds is 3. The molecular formula is C23H22N6O. The molecule has 0 saturated carbocycles. The molecule has 5 rings (SSSR count). The lowest BCUT2D eigenvalue weighted by Crippen LogP contribution is -2.41. The monoisotopic (exact) mass is 398 g/mol. The predicted octanol–water partition coefficient (Wildman–Crippen LogP) is 3.41. The van der Waals surface area contributed by atoms with Gasteiger partial charge in [0.2, 0.25) is 5.91 Å². The predicted molar refractivity (Wildman–Crippen MR) is 118 cm³/mol. The number of nitrogens with one attached hydrogen (secondary N) is 1. The van der Waals surface area contributed by atoms with Gasteiger partial charge in [-0.1, -0.05) is 31.7 Å². The second-order valence-corrected chi connectivity index (χ2v) is 7.79. The van der Waals surface area contributed by atoms with Gasteiger partial charge in [0.15, 0.2) is 0 Å². The van der Waals surface area contributed by atoms with Gasteiger partial charge in [-0.2, -0.15) is 0 Å². The van der Waals surface area contributed by atoms with Crippen molar-refractivity contribution in [2.75, 3.05) is 5.73 Å². The summed E-state index contributed by atoms with van der Waals surface area (Å²) in [6, 6.07) is 10.2. The molecule has 0 saturated heterocycles. The molecule has 1 aliphatic rings. The highest BCUT2D eigenvalue weighted by Gasteiger charge is 2.32. The molecular weight excluding hydrogens is 376 g/mol. The zero-order chi connectivity index (χ0) is 20.8. The number of pyridine rings is 1. The molecule has 0 aliphatic carbocycles. The van der Waals surface area contributed by atoms with Gasteiger partial charge < -0.3 is 15.6 Å². The number of carbonyl (C=O) groups excluding carboxylic acids is 1. The number of hydrogen-bond acceptors (Lipinski definition) is 5. The molecule has 1 aromatic carbocycles. The molecule has 0 spiro atoms. The van der Waals surface area contributed by atoms with Crippen molar-refractivity contribution >= 4 is 33.7 Å². The van der Waals surface area contributed by atoms with Crippen LogP contribution in [0.15, 0.2) is 55.5 Å². The number of nitrogens with two attached hydrogens (primary N) is 1. The van der Waals surface area contributed by atoms with Crippen molar-refractivity contribution in [1.29, 1.82) is 0 Å². The summed E-state index contributed by atoms with van der Waals surface area (Å²) in [6.07, 6.45) is 5.50. The Hall–Kier alpha value is -3.74. The fourth-order valence-corrected chi connectivity index (χ4v) is 4.61. The molecule has 1 aliphatic heterocycles. The van der Waals surface area contributed by atoms with Crippen molar-refractivity contribution in [3.8, 4) is 11.1 Å². The van der Waals surface area contributed by atoms with Gasteiger partial charge in [0.05, 0.1) is 10.9 Å². The molecule has 0 radical (unpaired) electrons. The number of benzene rings is 1. The first kappa shape index (κ1) is 18.3. The summed E-state index contributed by atoms with van der Waals surface area (Å²) >= 11 is 0. The average Bonchev–Trinajstić information content (AvgIpc) is 3.09. The number of para-hydroxylation sites is 1. The minimum Gasteiger partial charge on any atom is -0.383 e. The summed E-state index contributed by atoms with van der Waals surface area (Å²) < 4.78 is 2.17. The van der Waals surface area contributed by atoms with E-state index in [1.165, 1.54) is 12.4 Å². The van der Waals surface area contributed by atoms with Crippen LogP contribution in [-0.4, -0.2) is 31.5 Å². The van der Waals surface area contributed by atoms with E-state index in [-0.39, 0.29) is 17.9 Å². The van der Waals surface area contributed by atoms with Gasteiger partial charge in [-0.3, -0.25) is 9.78 Å². The maximum Gasteiger partial charge on any atom is 0.243 e. The van der Waals surface area contributed by atoms with Crippen LogP contribution in [0.2, 0.25) is 0 Å². The Morgan fingerprint density at radius 1 is 1.30 bits per heavy atom. The first-order chi connectivity index (χ1) is 14.6. The largest absolute Gasteiger partial charge is 0.383 e. The highest BCUT2D eigenvalue weighted by Crippen LogP contribution is 2.43. The molecule has 150 valence electrons. The summed E-state index contributed by atoms with van der Waals surface area (Å²) in [7, 11) is 0. The molecule has 3 N–H and O–H groups in total. The zero-order valence-corrected chi connectivity index (χ0v) is 16.7. The summed E-state index contributed by atoms with van der Waals surface area (Å²) in [4.78, 5) is 25.3. The minimum atomic E-state index is -0.166. The Balaban J connectivity index is 1.74. The summed E-state index contributed by atoms with van der Waals surface area (Å²) in [5.74, 6) is 0.466. The highest BCUT2D eigenvalue weighted by atomic mass is 16.1. The molecule has 4 aromatic rings. The minimum absolute atomic E-state index is 0.00707. The number of nitrogen functional groups attached to an aromatic ring is 1. The summed E-state index contributed by atoms with van der Waals surface area (Å²) in [5.41, 5.74) is 11.2. The van der Waals surface area contributed by atoms with Crippen molar-refractivity contribution in [2.45, 2.75) is 31.8 Å². The van der Waals surface area contributed by atoms with Gasteiger partial charge in [-0.15, -0.1) is 0 Å². The second kappa shape index (κ2) is 6.95. The normalized spacial score (nSPS) is 18.3. The number of aromatic nitrogens is 4. The van der Waals surface area contributed by atoms with E-state index in [2.05, 4.69) is 50.5 Å². The van der Waals surface area contributed by atoms with Crippen molar-refractivity contribution in [2.24, 2.45) is 0 Å². The van der Waals surface area contributed by atoms with Crippen LogP contribution in [0.3, 0.4) is 0 Å².